The maximum atomic E-state index is 14.2. The number of benzene rings is 3. The van der Waals surface area contributed by atoms with Crippen LogP contribution in [0.2, 0.25) is 5.15 Å². The van der Waals surface area contributed by atoms with Gasteiger partial charge in [0, 0.05) is 49.2 Å². The average Bonchev–Trinajstić information content (AvgIpc) is 2.93. The van der Waals surface area contributed by atoms with Crippen molar-refractivity contribution in [1.29, 1.82) is 0 Å². The molecule has 1 aliphatic rings. The number of carbonyl (C=O) groups is 1. The molecule has 0 aliphatic carbocycles. The molecule has 4 aromatic rings. The third-order valence-electron chi connectivity index (χ3n) is 6.12. The number of aromatic nitrogens is 2. The molecule has 2 heterocycles. The molecule has 0 atom stereocenters. The van der Waals surface area contributed by atoms with Crippen LogP contribution in [0.15, 0.2) is 84.0 Å². The zero-order valence-electron chi connectivity index (χ0n) is 20.3. The smallest absolute Gasteiger partial charge is 0.255 e. The Morgan fingerprint density at radius 3 is 2.39 bits per heavy atom. The number of amides is 1. The third-order valence-corrected chi connectivity index (χ3v) is 7.23. The third kappa shape index (κ3) is 6.41. The first-order valence-corrected chi connectivity index (χ1v) is 13.4. The highest BCUT2D eigenvalue weighted by Crippen LogP contribution is 2.27. The number of rotatable bonds is 7. The molecule has 38 heavy (non-hydrogen) atoms. The number of nitrogens with zero attached hydrogens (tertiary/aromatic N) is 4. The van der Waals surface area contributed by atoms with E-state index in [1.165, 1.54) is 42.1 Å². The highest BCUT2D eigenvalue weighted by Gasteiger charge is 2.21. The molecule has 0 radical (unpaired) electrons. The Balaban J connectivity index is 1.21. The summed E-state index contributed by atoms with van der Waals surface area (Å²) in [5.74, 6) is 0.408. The van der Waals surface area contributed by atoms with E-state index in [9.17, 15) is 13.6 Å². The summed E-state index contributed by atoms with van der Waals surface area (Å²) < 4.78 is 27.3. The highest BCUT2D eigenvalue weighted by atomic mass is 35.5. The second-order valence-electron chi connectivity index (χ2n) is 8.71. The number of anilines is 3. The van der Waals surface area contributed by atoms with E-state index in [1.54, 1.807) is 30.3 Å². The van der Waals surface area contributed by atoms with Crippen molar-refractivity contribution in [2.24, 2.45) is 0 Å². The summed E-state index contributed by atoms with van der Waals surface area (Å²) in [5, 5.41) is 3.65. The van der Waals surface area contributed by atoms with Gasteiger partial charge < -0.3 is 15.1 Å². The molecule has 0 unspecified atom stereocenters. The molecule has 1 fully saturated rings. The first-order valence-electron chi connectivity index (χ1n) is 12.0. The van der Waals surface area contributed by atoms with Crippen LogP contribution in [-0.4, -0.2) is 42.1 Å². The van der Waals surface area contributed by atoms with Gasteiger partial charge >= 0.3 is 0 Å². The fourth-order valence-corrected chi connectivity index (χ4v) is 5.21. The van der Waals surface area contributed by atoms with E-state index >= 15 is 0 Å². The molecule has 0 saturated carbocycles. The lowest BCUT2D eigenvalue weighted by Gasteiger charge is -2.36. The van der Waals surface area contributed by atoms with Gasteiger partial charge in [-0.25, -0.2) is 18.7 Å². The van der Waals surface area contributed by atoms with Gasteiger partial charge in [0.05, 0.1) is 5.69 Å². The van der Waals surface area contributed by atoms with Gasteiger partial charge in [-0.1, -0.05) is 47.6 Å². The van der Waals surface area contributed by atoms with E-state index in [0.717, 1.165) is 11.4 Å². The van der Waals surface area contributed by atoms with Gasteiger partial charge in [0.15, 0.2) is 5.16 Å². The number of thioether (sulfide) groups is 1. The first-order chi connectivity index (χ1) is 18.4. The van der Waals surface area contributed by atoms with Gasteiger partial charge in [-0.2, -0.15) is 0 Å². The Bertz CT molecular complexity index is 1430. The fourth-order valence-electron chi connectivity index (χ4n) is 4.18. The molecule has 0 spiro atoms. The van der Waals surface area contributed by atoms with E-state index < -0.39 is 0 Å². The molecule has 194 valence electrons. The van der Waals surface area contributed by atoms with Crippen LogP contribution in [0.3, 0.4) is 0 Å². The normalized spacial score (nSPS) is 13.4. The predicted molar refractivity (Wildman–Crippen MR) is 148 cm³/mol. The first kappa shape index (κ1) is 25.9. The van der Waals surface area contributed by atoms with E-state index in [2.05, 4.69) is 15.2 Å². The van der Waals surface area contributed by atoms with E-state index in [4.69, 9.17) is 16.6 Å². The summed E-state index contributed by atoms with van der Waals surface area (Å²) in [7, 11) is 0. The van der Waals surface area contributed by atoms with Crippen molar-refractivity contribution >= 4 is 46.5 Å². The Labute approximate surface area is 228 Å². The summed E-state index contributed by atoms with van der Waals surface area (Å²) in [4.78, 5) is 25.8. The lowest BCUT2D eigenvalue weighted by Crippen LogP contribution is -2.47. The van der Waals surface area contributed by atoms with Crippen LogP contribution in [0.25, 0.3) is 0 Å². The number of carbonyl (C=O) groups excluding carboxylic acids is 1. The zero-order valence-corrected chi connectivity index (χ0v) is 21.9. The van der Waals surface area contributed by atoms with Crippen molar-refractivity contribution < 1.29 is 13.6 Å². The number of halogens is 3. The summed E-state index contributed by atoms with van der Waals surface area (Å²) in [6.07, 6.45) is 0. The van der Waals surface area contributed by atoms with Gasteiger partial charge in [0.25, 0.3) is 5.91 Å². The minimum atomic E-state index is -0.363. The number of para-hydroxylation sites is 1. The van der Waals surface area contributed by atoms with Crippen LogP contribution in [0.4, 0.5) is 26.0 Å². The number of piperazine rings is 1. The van der Waals surface area contributed by atoms with Gasteiger partial charge in [0.2, 0.25) is 0 Å². The van der Waals surface area contributed by atoms with Crippen molar-refractivity contribution in [3.63, 3.8) is 0 Å². The standard InChI is InChI=1S/C28H24ClF2N5OS/c29-25-17-26(36-14-12-35(13-15-36)24-7-2-1-6-23(24)31)34-28(33-25)38-18-19-4-3-5-20(16-19)27(37)32-22-10-8-21(30)9-11-22/h1-11,16-17H,12-15,18H2,(H,32,37). The maximum absolute atomic E-state index is 14.2. The number of hydrogen-bond acceptors (Lipinski definition) is 6. The van der Waals surface area contributed by atoms with Crippen LogP contribution in [-0.2, 0) is 5.75 Å². The molecular formula is C28H24ClF2N5OS. The van der Waals surface area contributed by atoms with Crippen LogP contribution in [0, 0.1) is 11.6 Å². The average molecular weight is 552 g/mol. The van der Waals surface area contributed by atoms with E-state index in [1.807, 2.05) is 23.1 Å². The molecule has 1 aromatic heterocycles. The lowest BCUT2D eigenvalue weighted by atomic mass is 10.1. The Hall–Kier alpha value is -3.69. The van der Waals surface area contributed by atoms with Crippen LogP contribution in [0.1, 0.15) is 15.9 Å². The summed E-state index contributed by atoms with van der Waals surface area (Å²) in [5.41, 5.74) is 2.54. The Morgan fingerprint density at radius 1 is 0.895 bits per heavy atom. The van der Waals surface area contributed by atoms with Gasteiger partial charge in [-0.05, 0) is 54.1 Å². The maximum Gasteiger partial charge on any atom is 0.255 e. The highest BCUT2D eigenvalue weighted by molar-refractivity contribution is 7.98. The predicted octanol–water partition coefficient (Wildman–Crippen LogP) is 6.28. The van der Waals surface area contributed by atoms with Crippen molar-refractivity contribution in [3.8, 4) is 0 Å². The van der Waals surface area contributed by atoms with Crippen molar-refractivity contribution in [1.82, 2.24) is 9.97 Å². The Morgan fingerprint density at radius 2 is 1.63 bits per heavy atom. The minimum Gasteiger partial charge on any atom is -0.366 e. The van der Waals surface area contributed by atoms with Crippen molar-refractivity contribution in [2.45, 2.75) is 10.9 Å². The molecule has 1 aliphatic heterocycles. The molecule has 3 aromatic carbocycles. The summed E-state index contributed by atoms with van der Waals surface area (Å²) in [6.45, 7) is 2.68. The topological polar surface area (TPSA) is 61.4 Å². The van der Waals surface area contributed by atoms with Crippen LogP contribution >= 0.6 is 23.4 Å². The monoisotopic (exact) mass is 551 g/mol. The van der Waals surface area contributed by atoms with Crippen molar-refractivity contribution in [2.75, 3.05) is 41.3 Å². The fraction of sp³-hybridized carbons (Fsp3) is 0.179. The largest absolute Gasteiger partial charge is 0.366 e. The van der Waals surface area contributed by atoms with E-state index in [-0.39, 0.29) is 17.5 Å². The number of hydrogen-bond donors (Lipinski definition) is 1. The minimum absolute atomic E-state index is 0.221. The molecule has 1 saturated heterocycles. The quantitative estimate of drug-likeness (QED) is 0.166. The van der Waals surface area contributed by atoms with Gasteiger partial charge in [0.1, 0.15) is 22.6 Å². The molecule has 1 amide bonds. The molecule has 1 N–H and O–H groups in total. The molecular weight excluding hydrogens is 528 g/mol. The number of nitrogens with one attached hydrogen (secondary N) is 1. The molecule has 5 rings (SSSR count). The van der Waals surface area contributed by atoms with Crippen LogP contribution in [0.5, 0.6) is 0 Å². The van der Waals surface area contributed by atoms with Crippen LogP contribution < -0.4 is 15.1 Å². The SMILES string of the molecule is O=C(Nc1ccc(F)cc1)c1cccc(CSc2nc(Cl)cc(N3CCN(c4ccccc4F)CC3)n2)c1. The second kappa shape index (κ2) is 11.8. The second-order valence-corrected chi connectivity index (χ2v) is 10.0. The molecule has 6 nitrogen and oxygen atoms in total. The molecule has 10 heteroatoms. The summed E-state index contributed by atoms with van der Waals surface area (Å²) in [6, 6.07) is 21.4. The van der Waals surface area contributed by atoms with Crippen molar-refractivity contribution in [3.05, 3.63) is 107 Å². The van der Waals surface area contributed by atoms with E-state index in [0.29, 0.717) is 59.2 Å². The Kier molecular flexibility index (Phi) is 8.05. The van der Waals surface area contributed by atoms with Gasteiger partial charge in [-0.15, -0.1) is 0 Å². The zero-order chi connectivity index (χ0) is 26.5. The summed E-state index contributed by atoms with van der Waals surface area (Å²) >= 11 is 7.75. The molecule has 0 bridgehead atoms. The lowest BCUT2D eigenvalue weighted by molar-refractivity contribution is 0.102. The van der Waals surface area contributed by atoms with Gasteiger partial charge in [-0.3, -0.25) is 4.79 Å².